The van der Waals surface area contributed by atoms with Crippen LogP contribution in [0.3, 0.4) is 0 Å². The molecule has 172 valence electrons. The summed E-state index contributed by atoms with van der Waals surface area (Å²) in [4.78, 5) is 23.7. The van der Waals surface area contributed by atoms with Crippen LogP contribution < -0.4 is 5.32 Å². The van der Waals surface area contributed by atoms with Gasteiger partial charge in [0, 0.05) is 9.85 Å². The molecule has 0 unspecified atom stereocenters. The number of nitro groups is 2. The number of nitrogens with one attached hydrogen (secondary N) is 1. The van der Waals surface area contributed by atoms with Gasteiger partial charge in [-0.05, 0) is 47.9 Å². The topological polar surface area (TPSA) is 98.3 Å². The minimum atomic E-state index is -1.18. The molecular weight excluding hydrogens is 406 g/mol. The third kappa shape index (κ3) is 4.39. The molecule has 1 saturated heterocycles. The third-order valence-corrected chi connectivity index (χ3v) is 6.89. The van der Waals surface area contributed by atoms with Gasteiger partial charge in [-0.1, -0.05) is 76.2 Å². The lowest BCUT2D eigenvalue weighted by atomic mass is 9.66. The predicted molar refractivity (Wildman–Crippen MR) is 125 cm³/mol. The highest BCUT2D eigenvalue weighted by molar-refractivity contribution is 5.33. The fourth-order valence-electron chi connectivity index (χ4n) is 4.93. The molecular formula is C25H33N3O4. The van der Waals surface area contributed by atoms with Gasteiger partial charge >= 0.3 is 0 Å². The highest BCUT2D eigenvalue weighted by atomic mass is 16.6. The summed E-state index contributed by atoms with van der Waals surface area (Å²) in [5.41, 5.74) is 2.65. The number of rotatable bonds is 6. The van der Waals surface area contributed by atoms with E-state index in [9.17, 15) is 20.2 Å². The van der Waals surface area contributed by atoms with Crippen LogP contribution in [0, 0.1) is 25.6 Å². The first kappa shape index (κ1) is 23.9. The van der Waals surface area contributed by atoms with Gasteiger partial charge in [0.25, 0.3) is 0 Å². The number of hydrogen-bond acceptors (Lipinski definition) is 5. The van der Waals surface area contributed by atoms with Crippen molar-refractivity contribution in [2.75, 3.05) is 0 Å². The predicted octanol–water partition coefficient (Wildman–Crippen LogP) is 5.64. The summed E-state index contributed by atoms with van der Waals surface area (Å²) in [6.45, 7) is 11.7. The van der Waals surface area contributed by atoms with Crippen molar-refractivity contribution >= 4 is 0 Å². The Morgan fingerprint density at radius 2 is 1.03 bits per heavy atom. The van der Waals surface area contributed by atoms with Crippen LogP contribution in [0.5, 0.6) is 0 Å². The summed E-state index contributed by atoms with van der Waals surface area (Å²) in [7, 11) is 0. The number of hydrogen-bond donors (Lipinski definition) is 1. The van der Waals surface area contributed by atoms with Gasteiger partial charge in [0.2, 0.25) is 12.1 Å². The molecule has 0 amide bonds. The second-order valence-electron chi connectivity index (χ2n) is 10.0. The summed E-state index contributed by atoms with van der Waals surface area (Å²) >= 11 is 0. The van der Waals surface area contributed by atoms with Crippen LogP contribution >= 0.6 is 0 Å². The summed E-state index contributed by atoms with van der Waals surface area (Å²) in [5, 5.41) is 27.7. The van der Waals surface area contributed by atoms with E-state index in [1.54, 1.807) is 13.8 Å². The van der Waals surface area contributed by atoms with Gasteiger partial charge in [-0.15, -0.1) is 0 Å². The van der Waals surface area contributed by atoms with Gasteiger partial charge in [-0.2, -0.15) is 0 Å². The largest absolute Gasteiger partial charge is 0.291 e. The standard InChI is InChI=1S/C25H33N3O4/c1-15(2)17-7-11-19(12-8-17)21-23(27(29)30)25(5,6)24(28(31)32)22(26-21)20-13-9-18(10-14-20)16(3)4/h7-16,21-24,26H,1-6H3/t21-,22-,23-,24-/m1/s1. The molecule has 7 nitrogen and oxygen atoms in total. The van der Waals surface area contributed by atoms with Crippen LogP contribution in [0.4, 0.5) is 0 Å². The van der Waals surface area contributed by atoms with Crippen LogP contribution in [0.1, 0.15) is 87.7 Å². The first-order valence-electron chi connectivity index (χ1n) is 11.2. The molecule has 2 aromatic carbocycles. The highest BCUT2D eigenvalue weighted by Crippen LogP contribution is 2.47. The minimum absolute atomic E-state index is 0.345. The van der Waals surface area contributed by atoms with Gasteiger partial charge < -0.3 is 0 Å². The SMILES string of the molecule is CC(C)c1ccc([C@H]2N[C@H](c3ccc(C(C)C)cc3)[C@@H]([N+](=O)[O-])C(C)(C)[C@@H]2[N+](=O)[O-])cc1. The van der Waals surface area contributed by atoms with Crippen LogP contribution in [0.25, 0.3) is 0 Å². The fourth-order valence-corrected chi connectivity index (χ4v) is 4.93. The van der Waals surface area contributed by atoms with Gasteiger partial charge in [0.1, 0.15) is 17.5 Å². The van der Waals surface area contributed by atoms with Gasteiger partial charge in [0.15, 0.2) is 0 Å². The molecule has 0 radical (unpaired) electrons. The fraction of sp³-hybridized carbons (Fsp3) is 0.520. The van der Waals surface area contributed by atoms with E-state index >= 15 is 0 Å². The van der Waals surface area contributed by atoms with Gasteiger partial charge in [-0.3, -0.25) is 25.5 Å². The van der Waals surface area contributed by atoms with Crippen molar-refractivity contribution in [1.29, 1.82) is 0 Å². The van der Waals surface area contributed by atoms with Gasteiger partial charge in [-0.25, -0.2) is 0 Å². The zero-order valence-electron chi connectivity index (χ0n) is 19.6. The lowest BCUT2D eigenvalue weighted by molar-refractivity contribution is -0.605. The van der Waals surface area contributed by atoms with Crippen LogP contribution in [-0.2, 0) is 0 Å². The number of nitrogens with zero attached hydrogens (tertiary/aromatic N) is 2. The molecule has 7 heteroatoms. The van der Waals surface area contributed by atoms with E-state index < -0.39 is 29.6 Å². The van der Waals surface area contributed by atoms with E-state index in [0.29, 0.717) is 11.8 Å². The number of benzene rings is 2. The smallest absolute Gasteiger partial charge is 0.243 e. The van der Waals surface area contributed by atoms with E-state index in [-0.39, 0.29) is 9.85 Å². The third-order valence-electron chi connectivity index (χ3n) is 6.89. The molecule has 0 spiro atoms. The monoisotopic (exact) mass is 439 g/mol. The van der Waals surface area contributed by atoms with E-state index in [0.717, 1.165) is 22.3 Å². The molecule has 1 aliphatic rings. The second kappa shape index (κ2) is 8.98. The minimum Gasteiger partial charge on any atom is -0.291 e. The van der Waals surface area contributed by atoms with Crippen molar-refractivity contribution in [3.63, 3.8) is 0 Å². The Kier molecular flexibility index (Phi) is 6.69. The molecule has 0 bridgehead atoms. The molecule has 32 heavy (non-hydrogen) atoms. The summed E-state index contributed by atoms with van der Waals surface area (Å²) < 4.78 is 0. The zero-order chi connectivity index (χ0) is 23.8. The molecule has 0 aromatic heterocycles. The first-order valence-corrected chi connectivity index (χ1v) is 11.2. The Morgan fingerprint density at radius 3 is 1.28 bits per heavy atom. The summed E-state index contributed by atoms with van der Waals surface area (Å²) in [5.74, 6) is 0.689. The summed E-state index contributed by atoms with van der Waals surface area (Å²) in [6, 6.07) is 12.0. The first-order chi connectivity index (χ1) is 14.9. The Balaban J connectivity index is 2.10. The second-order valence-corrected chi connectivity index (χ2v) is 10.0. The van der Waals surface area contributed by atoms with Crippen molar-refractivity contribution in [3.05, 3.63) is 91.0 Å². The van der Waals surface area contributed by atoms with Crippen molar-refractivity contribution in [2.45, 2.75) is 77.5 Å². The van der Waals surface area contributed by atoms with Crippen molar-refractivity contribution < 1.29 is 9.85 Å². The lowest BCUT2D eigenvalue weighted by Gasteiger charge is -2.44. The molecule has 1 N–H and O–H groups in total. The molecule has 0 saturated carbocycles. The Bertz CT molecular complexity index is 890. The van der Waals surface area contributed by atoms with E-state index in [2.05, 4.69) is 33.0 Å². The van der Waals surface area contributed by atoms with Crippen molar-refractivity contribution in [3.8, 4) is 0 Å². The quantitative estimate of drug-likeness (QED) is 0.464. The van der Waals surface area contributed by atoms with Crippen LogP contribution in [0.2, 0.25) is 0 Å². The Labute approximate surface area is 189 Å². The molecule has 1 aliphatic heterocycles. The molecule has 4 atom stereocenters. The van der Waals surface area contributed by atoms with Crippen LogP contribution in [0.15, 0.2) is 48.5 Å². The van der Waals surface area contributed by atoms with Crippen LogP contribution in [-0.4, -0.2) is 21.9 Å². The van der Waals surface area contributed by atoms with E-state index in [4.69, 9.17) is 0 Å². The Morgan fingerprint density at radius 1 is 0.719 bits per heavy atom. The van der Waals surface area contributed by atoms with E-state index in [1.807, 2.05) is 48.5 Å². The van der Waals surface area contributed by atoms with E-state index in [1.165, 1.54) is 0 Å². The molecule has 2 aromatic rings. The maximum absolute atomic E-state index is 12.2. The molecule has 3 rings (SSSR count). The average molecular weight is 440 g/mol. The highest BCUT2D eigenvalue weighted by Gasteiger charge is 2.62. The molecule has 1 fully saturated rings. The maximum atomic E-state index is 12.2. The summed E-state index contributed by atoms with van der Waals surface area (Å²) in [6.07, 6.45) is 0. The zero-order valence-corrected chi connectivity index (χ0v) is 19.6. The normalized spacial score (nSPS) is 25.1. The molecule has 0 aliphatic carbocycles. The number of piperidine rings is 1. The Hall–Kier alpha value is -2.80. The van der Waals surface area contributed by atoms with Gasteiger partial charge in [0.05, 0.1) is 0 Å². The molecule has 1 heterocycles. The maximum Gasteiger partial charge on any atom is 0.243 e. The lowest BCUT2D eigenvalue weighted by Crippen LogP contribution is -2.63. The van der Waals surface area contributed by atoms with Crippen molar-refractivity contribution in [2.24, 2.45) is 5.41 Å². The average Bonchev–Trinajstić information content (AvgIpc) is 2.71. The van der Waals surface area contributed by atoms with Crippen molar-refractivity contribution in [1.82, 2.24) is 5.32 Å².